The SMILES string of the molecule is CC(C)CC(O)C1(C#N)CCS(=O)(=O)C1. The second-order valence-electron chi connectivity index (χ2n) is 4.76. The largest absolute Gasteiger partial charge is 0.391 e. The molecule has 4 nitrogen and oxygen atoms in total. The van der Waals surface area contributed by atoms with E-state index in [1.807, 2.05) is 19.9 Å². The Morgan fingerprint density at radius 2 is 2.13 bits per heavy atom. The van der Waals surface area contributed by atoms with E-state index in [2.05, 4.69) is 0 Å². The van der Waals surface area contributed by atoms with Gasteiger partial charge < -0.3 is 5.11 Å². The van der Waals surface area contributed by atoms with Crippen molar-refractivity contribution in [2.24, 2.45) is 11.3 Å². The van der Waals surface area contributed by atoms with Gasteiger partial charge in [-0.1, -0.05) is 13.8 Å². The zero-order valence-electron chi connectivity index (χ0n) is 9.10. The van der Waals surface area contributed by atoms with Crippen molar-refractivity contribution >= 4 is 9.84 Å². The average molecular weight is 231 g/mol. The Morgan fingerprint density at radius 3 is 2.47 bits per heavy atom. The van der Waals surface area contributed by atoms with Gasteiger partial charge in [0.05, 0.1) is 29.1 Å². The fourth-order valence-corrected chi connectivity index (χ4v) is 3.98. The van der Waals surface area contributed by atoms with Crippen molar-refractivity contribution in [1.82, 2.24) is 0 Å². The highest BCUT2D eigenvalue weighted by atomic mass is 32.2. The lowest BCUT2D eigenvalue weighted by Crippen LogP contribution is -2.36. The third kappa shape index (κ3) is 2.70. The van der Waals surface area contributed by atoms with Gasteiger partial charge in [-0.15, -0.1) is 0 Å². The van der Waals surface area contributed by atoms with Crippen molar-refractivity contribution < 1.29 is 13.5 Å². The maximum Gasteiger partial charge on any atom is 0.152 e. The second kappa shape index (κ2) is 4.11. The summed E-state index contributed by atoms with van der Waals surface area (Å²) in [5.41, 5.74) is -1.07. The molecular formula is C10H17NO3S. The van der Waals surface area contributed by atoms with Crippen molar-refractivity contribution in [2.45, 2.75) is 32.8 Å². The van der Waals surface area contributed by atoms with Gasteiger partial charge in [0, 0.05) is 0 Å². The van der Waals surface area contributed by atoms with Crippen LogP contribution in [0.1, 0.15) is 26.7 Å². The Bertz CT molecular complexity index is 369. The van der Waals surface area contributed by atoms with Gasteiger partial charge in [0.25, 0.3) is 0 Å². The first-order valence-corrected chi connectivity index (χ1v) is 6.93. The minimum atomic E-state index is -3.13. The maximum absolute atomic E-state index is 11.3. The molecule has 5 heteroatoms. The summed E-state index contributed by atoms with van der Waals surface area (Å²) in [6, 6.07) is 2.01. The summed E-state index contributed by atoms with van der Waals surface area (Å²) in [6.07, 6.45) is -0.0947. The lowest BCUT2D eigenvalue weighted by atomic mass is 9.80. The van der Waals surface area contributed by atoms with E-state index in [0.29, 0.717) is 6.42 Å². The van der Waals surface area contributed by atoms with Crippen LogP contribution in [0.2, 0.25) is 0 Å². The molecule has 2 unspecified atom stereocenters. The van der Waals surface area contributed by atoms with Crippen LogP contribution in [0.15, 0.2) is 0 Å². The predicted octanol–water partition coefficient (Wildman–Crippen LogP) is 0.722. The molecule has 1 N–H and O–H groups in total. The van der Waals surface area contributed by atoms with E-state index >= 15 is 0 Å². The normalized spacial score (nSPS) is 31.4. The van der Waals surface area contributed by atoms with E-state index in [4.69, 9.17) is 5.26 Å². The molecule has 0 radical (unpaired) electrons. The topological polar surface area (TPSA) is 78.2 Å². The van der Waals surface area contributed by atoms with Gasteiger partial charge >= 0.3 is 0 Å². The van der Waals surface area contributed by atoms with Gasteiger partial charge in [0.1, 0.15) is 0 Å². The van der Waals surface area contributed by atoms with E-state index in [9.17, 15) is 13.5 Å². The van der Waals surface area contributed by atoms with Gasteiger partial charge in [0.15, 0.2) is 9.84 Å². The van der Waals surface area contributed by atoms with Crippen LogP contribution in [0.4, 0.5) is 0 Å². The summed E-state index contributed by atoms with van der Waals surface area (Å²) in [5.74, 6) is 0.0913. The molecule has 1 rings (SSSR count). The lowest BCUT2D eigenvalue weighted by molar-refractivity contribution is 0.0603. The quantitative estimate of drug-likeness (QED) is 0.776. The van der Waals surface area contributed by atoms with Gasteiger partial charge in [-0.05, 0) is 18.8 Å². The summed E-state index contributed by atoms with van der Waals surface area (Å²) in [6.45, 7) is 3.88. The molecule has 0 aliphatic carbocycles. The van der Waals surface area contributed by atoms with E-state index in [0.717, 1.165) is 0 Å². The Balaban J connectivity index is 2.85. The van der Waals surface area contributed by atoms with Crippen molar-refractivity contribution in [3.63, 3.8) is 0 Å². The average Bonchev–Trinajstić information content (AvgIpc) is 2.42. The van der Waals surface area contributed by atoms with Gasteiger partial charge in [0.2, 0.25) is 0 Å². The molecule has 0 amide bonds. The zero-order chi connectivity index (χ0) is 11.7. The summed E-state index contributed by atoms with van der Waals surface area (Å²) >= 11 is 0. The number of nitrogens with zero attached hydrogens (tertiary/aromatic N) is 1. The molecule has 1 aliphatic rings. The smallest absolute Gasteiger partial charge is 0.152 e. The molecule has 86 valence electrons. The molecule has 0 spiro atoms. The number of rotatable bonds is 3. The van der Waals surface area contributed by atoms with Crippen LogP contribution in [0, 0.1) is 22.7 Å². The minimum Gasteiger partial charge on any atom is -0.391 e. The Hall–Kier alpha value is -0.600. The van der Waals surface area contributed by atoms with Crippen molar-refractivity contribution in [1.29, 1.82) is 5.26 Å². The first-order chi connectivity index (χ1) is 6.81. The highest BCUT2D eigenvalue weighted by molar-refractivity contribution is 7.91. The Kier molecular flexibility index (Phi) is 3.41. The van der Waals surface area contributed by atoms with Crippen molar-refractivity contribution in [3.8, 4) is 6.07 Å². The minimum absolute atomic E-state index is 0.0235. The van der Waals surface area contributed by atoms with Crippen molar-refractivity contribution in [3.05, 3.63) is 0 Å². The van der Waals surface area contributed by atoms with Crippen LogP contribution in [0.5, 0.6) is 0 Å². The third-order valence-electron chi connectivity index (χ3n) is 2.89. The molecule has 0 aromatic rings. The zero-order valence-corrected chi connectivity index (χ0v) is 9.92. The van der Waals surface area contributed by atoms with Crippen LogP contribution in [0.3, 0.4) is 0 Å². The number of nitriles is 1. The second-order valence-corrected chi connectivity index (χ2v) is 6.94. The third-order valence-corrected chi connectivity index (χ3v) is 4.67. The fraction of sp³-hybridized carbons (Fsp3) is 0.900. The molecule has 15 heavy (non-hydrogen) atoms. The molecule has 1 fully saturated rings. The fourth-order valence-electron chi connectivity index (χ4n) is 1.97. The monoisotopic (exact) mass is 231 g/mol. The molecular weight excluding hydrogens is 214 g/mol. The highest BCUT2D eigenvalue weighted by Crippen LogP contribution is 2.37. The predicted molar refractivity (Wildman–Crippen MR) is 56.8 cm³/mol. The lowest BCUT2D eigenvalue weighted by Gasteiger charge is -2.26. The van der Waals surface area contributed by atoms with Gasteiger partial charge in [-0.2, -0.15) is 5.26 Å². The Morgan fingerprint density at radius 1 is 1.53 bits per heavy atom. The summed E-state index contributed by atoms with van der Waals surface area (Å²) in [5, 5.41) is 19.0. The molecule has 0 aromatic heterocycles. The van der Waals surface area contributed by atoms with Crippen LogP contribution in [-0.2, 0) is 9.84 Å². The molecule has 0 aromatic carbocycles. The van der Waals surface area contributed by atoms with Crippen LogP contribution >= 0.6 is 0 Å². The van der Waals surface area contributed by atoms with Gasteiger partial charge in [-0.3, -0.25) is 0 Å². The van der Waals surface area contributed by atoms with E-state index in [1.165, 1.54) is 0 Å². The van der Waals surface area contributed by atoms with E-state index in [-0.39, 0.29) is 23.8 Å². The number of aliphatic hydroxyl groups excluding tert-OH is 1. The van der Waals surface area contributed by atoms with Crippen LogP contribution < -0.4 is 0 Å². The summed E-state index contributed by atoms with van der Waals surface area (Å²) in [4.78, 5) is 0. The standard InChI is InChI=1S/C10H17NO3S/c1-8(2)5-9(12)10(6-11)3-4-15(13,14)7-10/h8-9,12H,3-5,7H2,1-2H3. The number of aliphatic hydroxyl groups is 1. The Labute approximate surface area is 90.8 Å². The molecule has 1 aliphatic heterocycles. The summed E-state index contributed by atoms with van der Waals surface area (Å²) in [7, 11) is -3.13. The van der Waals surface area contributed by atoms with Gasteiger partial charge in [-0.25, -0.2) is 8.42 Å². The van der Waals surface area contributed by atoms with E-state index in [1.54, 1.807) is 0 Å². The number of hydrogen-bond donors (Lipinski definition) is 1. The molecule has 2 atom stereocenters. The van der Waals surface area contributed by atoms with Crippen molar-refractivity contribution in [2.75, 3.05) is 11.5 Å². The number of hydrogen-bond acceptors (Lipinski definition) is 4. The maximum atomic E-state index is 11.3. The first kappa shape index (κ1) is 12.5. The van der Waals surface area contributed by atoms with Crippen LogP contribution in [-0.4, -0.2) is 31.1 Å². The first-order valence-electron chi connectivity index (χ1n) is 5.11. The van der Waals surface area contributed by atoms with E-state index < -0.39 is 21.4 Å². The molecule has 1 saturated heterocycles. The van der Waals surface area contributed by atoms with Crippen LogP contribution in [0.25, 0.3) is 0 Å². The molecule has 1 heterocycles. The number of sulfone groups is 1. The highest BCUT2D eigenvalue weighted by Gasteiger charge is 2.47. The molecule has 0 bridgehead atoms. The summed E-state index contributed by atoms with van der Waals surface area (Å²) < 4.78 is 22.7. The molecule has 0 saturated carbocycles.